The molecule has 0 saturated heterocycles. The molecule has 2 aliphatic carbocycles. The lowest BCUT2D eigenvalue weighted by Gasteiger charge is -2.35. The van der Waals surface area contributed by atoms with Gasteiger partial charge in [0.2, 0.25) is 0 Å². The second-order valence-electron chi connectivity index (χ2n) is 7.95. The van der Waals surface area contributed by atoms with Crippen molar-refractivity contribution >= 4 is 0 Å². The number of nitrogens with one attached hydrogen (secondary N) is 2. The number of rotatable bonds is 8. The molecule has 0 bridgehead atoms. The molecule has 2 fully saturated rings. The van der Waals surface area contributed by atoms with Crippen LogP contribution in [0.3, 0.4) is 0 Å². The lowest BCUT2D eigenvalue weighted by Crippen LogP contribution is -2.49. The van der Waals surface area contributed by atoms with Gasteiger partial charge in [-0.2, -0.15) is 0 Å². The summed E-state index contributed by atoms with van der Waals surface area (Å²) in [5.41, 5.74) is 1.25. The fourth-order valence-corrected chi connectivity index (χ4v) is 4.68. The minimum atomic E-state index is 0.623. The third-order valence-electron chi connectivity index (χ3n) is 6.15. The maximum absolute atomic E-state index is 5.49. The Labute approximate surface area is 153 Å². The molecule has 3 rings (SSSR count). The lowest BCUT2D eigenvalue weighted by atomic mass is 9.82. The van der Waals surface area contributed by atoms with E-state index in [2.05, 4.69) is 28.8 Å². The SMILES string of the molecule is COc1ccccc1CNCC(NC1CCCCC1)C1CCCCC1. The fourth-order valence-electron chi connectivity index (χ4n) is 4.68. The van der Waals surface area contributed by atoms with Crippen LogP contribution < -0.4 is 15.4 Å². The highest BCUT2D eigenvalue weighted by atomic mass is 16.5. The van der Waals surface area contributed by atoms with Gasteiger partial charge in [-0.1, -0.05) is 56.7 Å². The molecule has 0 aliphatic heterocycles. The van der Waals surface area contributed by atoms with Crippen LogP contribution in [0.5, 0.6) is 5.75 Å². The topological polar surface area (TPSA) is 33.3 Å². The minimum Gasteiger partial charge on any atom is -0.496 e. The van der Waals surface area contributed by atoms with Gasteiger partial charge in [0.1, 0.15) is 5.75 Å². The van der Waals surface area contributed by atoms with Crippen LogP contribution in [-0.4, -0.2) is 25.7 Å². The van der Waals surface area contributed by atoms with Gasteiger partial charge in [-0.05, 0) is 37.7 Å². The summed E-state index contributed by atoms with van der Waals surface area (Å²) in [6.45, 7) is 1.96. The Kier molecular flexibility index (Phi) is 7.62. The van der Waals surface area contributed by atoms with E-state index in [0.717, 1.165) is 30.8 Å². The van der Waals surface area contributed by atoms with Gasteiger partial charge >= 0.3 is 0 Å². The summed E-state index contributed by atoms with van der Waals surface area (Å²) < 4.78 is 5.49. The fraction of sp³-hybridized carbons (Fsp3) is 0.727. The van der Waals surface area contributed by atoms with Gasteiger partial charge in [0, 0.05) is 30.7 Å². The molecule has 0 aromatic heterocycles. The van der Waals surface area contributed by atoms with Crippen molar-refractivity contribution in [2.75, 3.05) is 13.7 Å². The van der Waals surface area contributed by atoms with Crippen molar-refractivity contribution in [3.8, 4) is 5.75 Å². The van der Waals surface area contributed by atoms with Crippen LogP contribution in [0.2, 0.25) is 0 Å². The van der Waals surface area contributed by atoms with Crippen molar-refractivity contribution in [1.29, 1.82) is 0 Å². The van der Waals surface area contributed by atoms with Gasteiger partial charge in [0.05, 0.1) is 7.11 Å². The first kappa shape index (κ1) is 18.7. The highest BCUT2D eigenvalue weighted by Crippen LogP contribution is 2.28. The van der Waals surface area contributed by atoms with Crippen molar-refractivity contribution in [1.82, 2.24) is 10.6 Å². The second kappa shape index (κ2) is 10.2. The molecule has 1 aromatic carbocycles. The summed E-state index contributed by atoms with van der Waals surface area (Å²) in [5.74, 6) is 1.84. The molecule has 140 valence electrons. The number of para-hydroxylation sites is 1. The predicted octanol–water partition coefficient (Wildman–Crippen LogP) is 4.66. The van der Waals surface area contributed by atoms with Crippen molar-refractivity contribution in [2.45, 2.75) is 82.8 Å². The first-order valence-corrected chi connectivity index (χ1v) is 10.5. The molecule has 1 atom stereocenters. The number of benzene rings is 1. The maximum atomic E-state index is 5.49. The average Bonchev–Trinajstić information content (AvgIpc) is 2.69. The average molecular weight is 345 g/mol. The molecule has 3 heteroatoms. The molecule has 1 unspecified atom stereocenters. The van der Waals surface area contributed by atoms with E-state index in [1.807, 2.05) is 6.07 Å². The Bertz CT molecular complexity index is 493. The molecule has 0 spiro atoms. The van der Waals surface area contributed by atoms with E-state index in [1.54, 1.807) is 7.11 Å². The Morgan fingerprint density at radius 1 is 0.960 bits per heavy atom. The van der Waals surface area contributed by atoms with Gasteiger partial charge in [0.25, 0.3) is 0 Å². The third-order valence-corrected chi connectivity index (χ3v) is 6.15. The summed E-state index contributed by atoms with van der Waals surface area (Å²) in [6.07, 6.45) is 14.1. The molecule has 25 heavy (non-hydrogen) atoms. The van der Waals surface area contributed by atoms with Gasteiger partial charge < -0.3 is 15.4 Å². The summed E-state index contributed by atoms with van der Waals surface area (Å²) in [4.78, 5) is 0. The normalized spacial score (nSPS) is 21.2. The molecule has 2 saturated carbocycles. The van der Waals surface area contributed by atoms with Crippen LogP contribution in [0.25, 0.3) is 0 Å². The van der Waals surface area contributed by atoms with Gasteiger partial charge in [-0.15, -0.1) is 0 Å². The third kappa shape index (κ3) is 5.72. The van der Waals surface area contributed by atoms with E-state index in [1.165, 1.54) is 69.8 Å². The molecular formula is C22H36N2O. The summed E-state index contributed by atoms with van der Waals surface area (Å²) in [7, 11) is 1.76. The van der Waals surface area contributed by atoms with E-state index >= 15 is 0 Å². The van der Waals surface area contributed by atoms with Crippen molar-refractivity contribution < 1.29 is 4.74 Å². The standard InChI is InChI=1S/C22H36N2O/c1-25-22-15-9-8-12-19(22)16-23-17-21(18-10-4-2-5-11-18)24-20-13-6-3-7-14-20/h8-9,12,15,18,20-21,23-24H,2-7,10-11,13-14,16-17H2,1H3. The van der Waals surface area contributed by atoms with Crippen LogP contribution >= 0.6 is 0 Å². The zero-order chi connectivity index (χ0) is 17.3. The Balaban J connectivity index is 1.54. The summed E-state index contributed by atoms with van der Waals surface area (Å²) in [5, 5.41) is 7.77. The number of methoxy groups -OCH3 is 1. The van der Waals surface area contributed by atoms with Gasteiger partial charge in [-0.25, -0.2) is 0 Å². The van der Waals surface area contributed by atoms with E-state index in [-0.39, 0.29) is 0 Å². The van der Waals surface area contributed by atoms with E-state index < -0.39 is 0 Å². The van der Waals surface area contributed by atoms with Gasteiger partial charge in [0.15, 0.2) is 0 Å². The largest absolute Gasteiger partial charge is 0.496 e. The number of ether oxygens (including phenoxy) is 1. The highest BCUT2D eigenvalue weighted by molar-refractivity contribution is 5.32. The quantitative estimate of drug-likeness (QED) is 0.720. The van der Waals surface area contributed by atoms with Crippen LogP contribution in [-0.2, 0) is 6.54 Å². The molecule has 2 aliphatic rings. The zero-order valence-corrected chi connectivity index (χ0v) is 15.9. The molecule has 2 N–H and O–H groups in total. The number of hydrogen-bond acceptors (Lipinski definition) is 3. The molecule has 1 aromatic rings. The number of hydrogen-bond donors (Lipinski definition) is 2. The van der Waals surface area contributed by atoms with Crippen LogP contribution in [0.4, 0.5) is 0 Å². The van der Waals surface area contributed by atoms with Crippen LogP contribution in [0.1, 0.15) is 69.8 Å². The summed E-state index contributed by atoms with van der Waals surface area (Å²) >= 11 is 0. The Hall–Kier alpha value is -1.06. The lowest BCUT2D eigenvalue weighted by molar-refractivity contribution is 0.226. The minimum absolute atomic E-state index is 0.623. The first-order chi connectivity index (χ1) is 12.4. The molecular weight excluding hydrogens is 308 g/mol. The molecule has 0 heterocycles. The van der Waals surface area contributed by atoms with Crippen molar-refractivity contribution in [3.05, 3.63) is 29.8 Å². The second-order valence-corrected chi connectivity index (χ2v) is 7.95. The predicted molar refractivity (Wildman–Crippen MR) is 105 cm³/mol. The molecule has 3 nitrogen and oxygen atoms in total. The zero-order valence-electron chi connectivity index (χ0n) is 15.9. The monoisotopic (exact) mass is 344 g/mol. The van der Waals surface area contributed by atoms with Crippen LogP contribution in [0, 0.1) is 5.92 Å². The summed E-state index contributed by atoms with van der Waals surface area (Å²) in [6, 6.07) is 9.72. The van der Waals surface area contributed by atoms with E-state index in [9.17, 15) is 0 Å². The smallest absolute Gasteiger partial charge is 0.123 e. The van der Waals surface area contributed by atoms with Crippen LogP contribution in [0.15, 0.2) is 24.3 Å². The first-order valence-electron chi connectivity index (χ1n) is 10.5. The van der Waals surface area contributed by atoms with Crippen molar-refractivity contribution in [3.63, 3.8) is 0 Å². The van der Waals surface area contributed by atoms with Crippen molar-refractivity contribution in [2.24, 2.45) is 5.92 Å². The Morgan fingerprint density at radius 2 is 1.64 bits per heavy atom. The molecule has 0 amide bonds. The Morgan fingerprint density at radius 3 is 2.36 bits per heavy atom. The molecule has 0 radical (unpaired) electrons. The van der Waals surface area contributed by atoms with Gasteiger partial charge in [-0.3, -0.25) is 0 Å². The van der Waals surface area contributed by atoms with E-state index in [0.29, 0.717) is 6.04 Å². The van der Waals surface area contributed by atoms with E-state index in [4.69, 9.17) is 4.74 Å². The highest BCUT2D eigenvalue weighted by Gasteiger charge is 2.26. The maximum Gasteiger partial charge on any atom is 0.123 e.